The molecular weight excluding hydrogens is 262 g/mol. The summed E-state index contributed by atoms with van der Waals surface area (Å²) in [6, 6.07) is 13.1. The van der Waals surface area contributed by atoms with E-state index >= 15 is 0 Å². The summed E-state index contributed by atoms with van der Waals surface area (Å²) in [5.41, 5.74) is 1.37. The molecule has 0 amide bonds. The van der Waals surface area contributed by atoms with E-state index in [9.17, 15) is 0 Å². The van der Waals surface area contributed by atoms with Gasteiger partial charge in [-0.3, -0.25) is 0 Å². The van der Waals surface area contributed by atoms with Crippen LogP contribution in [0, 0.1) is 0 Å². The lowest BCUT2D eigenvalue weighted by atomic mass is 10.3. The molecule has 0 radical (unpaired) electrons. The van der Waals surface area contributed by atoms with Gasteiger partial charge >= 0.3 is 0 Å². The van der Waals surface area contributed by atoms with Crippen molar-refractivity contribution in [3.05, 3.63) is 55.6 Å². The molecule has 0 saturated heterocycles. The summed E-state index contributed by atoms with van der Waals surface area (Å²) >= 11 is 0. The summed E-state index contributed by atoms with van der Waals surface area (Å²) in [5, 5.41) is 0. The standard InChI is InChI=1S/C16H27NSi2/c1-7-14-18(3,4)17(19(5,6)15-8-2)16-12-10-9-11-13-16/h7-13H,1-2,14-15H2,3-6H3. The zero-order valence-corrected chi connectivity index (χ0v) is 14.8. The first-order chi connectivity index (χ1) is 8.85. The highest BCUT2D eigenvalue weighted by Gasteiger charge is 2.39. The van der Waals surface area contributed by atoms with Crippen molar-refractivity contribution < 1.29 is 0 Å². The number of anilines is 1. The zero-order chi connectivity index (χ0) is 14.5. The molecular formula is C16H27NSi2. The molecule has 0 heterocycles. The number of benzene rings is 1. The van der Waals surface area contributed by atoms with Crippen LogP contribution in [-0.4, -0.2) is 16.5 Å². The Hall–Kier alpha value is -1.07. The van der Waals surface area contributed by atoms with Crippen molar-refractivity contribution in [2.45, 2.75) is 38.3 Å². The Morgan fingerprint density at radius 3 is 1.68 bits per heavy atom. The molecule has 0 atom stereocenters. The molecule has 1 aromatic carbocycles. The molecule has 104 valence electrons. The van der Waals surface area contributed by atoms with Crippen molar-refractivity contribution in [3.8, 4) is 0 Å². The van der Waals surface area contributed by atoms with E-state index in [1.165, 1.54) is 5.69 Å². The molecule has 0 saturated carbocycles. The third-order valence-corrected chi connectivity index (χ3v) is 12.7. The van der Waals surface area contributed by atoms with Gasteiger partial charge in [0.25, 0.3) is 0 Å². The molecule has 0 aromatic heterocycles. The van der Waals surface area contributed by atoms with E-state index in [1.807, 2.05) is 0 Å². The summed E-state index contributed by atoms with van der Waals surface area (Å²) < 4.78 is 2.77. The van der Waals surface area contributed by atoms with Gasteiger partial charge in [-0.05, 0) is 24.2 Å². The molecule has 1 rings (SSSR count). The minimum atomic E-state index is -1.52. The van der Waals surface area contributed by atoms with Crippen molar-refractivity contribution >= 4 is 22.2 Å². The van der Waals surface area contributed by atoms with Crippen LogP contribution in [0.25, 0.3) is 0 Å². The quantitative estimate of drug-likeness (QED) is 0.488. The van der Waals surface area contributed by atoms with Crippen LogP contribution in [0.3, 0.4) is 0 Å². The maximum Gasteiger partial charge on any atom is 0.145 e. The first-order valence-corrected chi connectivity index (χ1v) is 13.2. The molecule has 0 aliphatic heterocycles. The Kier molecular flexibility index (Phi) is 5.38. The number of allylic oxidation sites excluding steroid dienone is 2. The molecule has 0 aliphatic carbocycles. The molecule has 1 aromatic rings. The Labute approximate surface area is 120 Å². The highest BCUT2D eigenvalue weighted by atomic mass is 28.4. The average Bonchev–Trinajstić information content (AvgIpc) is 2.29. The first-order valence-electron chi connectivity index (χ1n) is 6.92. The molecule has 0 N–H and O–H groups in total. The van der Waals surface area contributed by atoms with Gasteiger partial charge < -0.3 is 4.23 Å². The van der Waals surface area contributed by atoms with E-state index in [-0.39, 0.29) is 0 Å². The largest absolute Gasteiger partial charge is 0.424 e. The highest BCUT2D eigenvalue weighted by molar-refractivity contribution is 7.00. The van der Waals surface area contributed by atoms with Crippen LogP contribution in [0.5, 0.6) is 0 Å². The van der Waals surface area contributed by atoms with Gasteiger partial charge in [-0.25, -0.2) is 0 Å². The van der Waals surface area contributed by atoms with Crippen LogP contribution in [0.1, 0.15) is 0 Å². The fourth-order valence-corrected chi connectivity index (χ4v) is 13.6. The topological polar surface area (TPSA) is 3.24 Å². The normalized spacial score (nSPS) is 12.0. The lowest BCUT2D eigenvalue weighted by molar-refractivity contribution is 1.29. The SMILES string of the molecule is C=CC[Si](C)(C)N(c1ccccc1)[Si](C)(C)CC=C. The molecule has 0 fully saturated rings. The van der Waals surface area contributed by atoms with Gasteiger partial charge in [-0.2, -0.15) is 0 Å². The van der Waals surface area contributed by atoms with Gasteiger partial charge in [0.15, 0.2) is 0 Å². The lowest BCUT2D eigenvalue weighted by Gasteiger charge is -2.48. The molecule has 0 spiro atoms. The monoisotopic (exact) mass is 289 g/mol. The predicted molar refractivity (Wildman–Crippen MR) is 93.9 cm³/mol. The Balaban J connectivity index is 3.26. The van der Waals surface area contributed by atoms with Crippen LogP contribution < -0.4 is 4.23 Å². The van der Waals surface area contributed by atoms with Crippen LogP contribution in [0.15, 0.2) is 55.6 Å². The van der Waals surface area contributed by atoms with Crippen LogP contribution >= 0.6 is 0 Å². The predicted octanol–water partition coefficient (Wildman–Crippen LogP) is 5.28. The van der Waals surface area contributed by atoms with E-state index in [0.717, 1.165) is 12.1 Å². The van der Waals surface area contributed by atoms with E-state index in [2.05, 4.69) is 86.1 Å². The second-order valence-electron chi connectivity index (χ2n) is 6.28. The summed E-state index contributed by atoms with van der Waals surface area (Å²) in [7, 11) is -3.03. The number of rotatable bonds is 7. The van der Waals surface area contributed by atoms with Crippen molar-refractivity contribution in [1.29, 1.82) is 0 Å². The zero-order valence-electron chi connectivity index (χ0n) is 12.8. The molecule has 0 aliphatic rings. The smallest absolute Gasteiger partial charge is 0.145 e. The molecule has 0 bridgehead atoms. The number of hydrogen-bond acceptors (Lipinski definition) is 1. The van der Waals surface area contributed by atoms with Crippen LogP contribution in [-0.2, 0) is 0 Å². The highest BCUT2D eigenvalue weighted by Crippen LogP contribution is 2.32. The van der Waals surface area contributed by atoms with Gasteiger partial charge in [-0.1, -0.05) is 56.5 Å². The Bertz CT molecular complexity index is 402. The minimum Gasteiger partial charge on any atom is -0.424 e. The summed E-state index contributed by atoms with van der Waals surface area (Å²) in [5.74, 6) is 0. The molecule has 0 unspecified atom stereocenters. The Morgan fingerprint density at radius 1 is 0.895 bits per heavy atom. The van der Waals surface area contributed by atoms with E-state index in [1.54, 1.807) is 0 Å². The average molecular weight is 290 g/mol. The summed E-state index contributed by atoms with van der Waals surface area (Å²) in [6.07, 6.45) is 4.17. The van der Waals surface area contributed by atoms with Crippen molar-refractivity contribution in [1.82, 2.24) is 0 Å². The lowest BCUT2D eigenvalue weighted by Crippen LogP contribution is -2.62. The third-order valence-electron chi connectivity index (χ3n) is 3.51. The number of nitrogens with zero attached hydrogens (tertiary/aromatic N) is 1. The van der Waals surface area contributed by atoms with Crippen LogP contribution in [0.2, 0.25) is 38.3 Å². The summed E-state index contributed by atoms with van der Waals surface area (Å²) in [4.78, 5) is 0. The maximum absolute atomic E-state index is 3.95. The van der Waals surface area contributed by atoms with Gasteiger partial charge in [-0.15, -0.1) is 13.2 Å². The summed E-state index contributed by atoms with van der Waals surface area (Å²) in [6.45, 7) is 17.7. The number of hydrogen-bond donors (Lipinski definition) is 0. The van der Waals surface area contributed by atoms with Gasteiger partial charge in [0.05, 0.1) is 0 Å². The van der Waals surface area contributed by atoms with E-state index in [4.69, 9.17) is 0 Å². The maximum atomic E-state index is 3.95. The number of para-hydroxylation sites is 1. The van der Waals surface area contributed by atoms with Gasteiger partial charge in [0.2, 0.25) is 0 Å². The van der Waals surface area contributed by atoms with Crippen molar-refractivity contribution in [3.63, 3.8) is 0 Å². The Morgan fingerprint density at radius 2 is 1.32 bits per heavy atom. The third kappa shape index (κ3) is 3.95. The second-order valence-corrected chi connectivity index (χ2v) is 15.7. The van der Waals surface area contributed by atoms with Crippen molar-refractivity contribution in [2.75, 3.05) is 4.23 Å². The molecule has 3 heteroatoms. The van der Waals surface area contributed by atoms with E-state index in [0.29, 0.717) is 0 Å². The first kappa shape index (κ1) is 16.0. The fraction of sp³-hybridized carbons (Fsp3) is 0.375. The molecule has 19 heavy (non-hydrogen) atoms. The fourth-order valence-electron chi connectivity index (χ4n) is 2.98. The van der Waals surface area contributed by atoms with Gasteiger partial charge in [0, 0.05) is 5.69 Å². The van der Waals surface area contributed by atoms with E-state index < -0.39 is 16.5 Å². The second kappa shape index (κ2) is 6.39. The molecule has 1 nitrogen and oxygen atoms in total. The van der Waals surface area contributed by atoms with Crippen LogP contribution in [0.4, 0.5) is 5.69 Å². The van der Waals surface area contributed by atoms with Crippen molar-refractivity contribution in [2.24, 2.45) is 0 Å². The van der Waals surface area contributed by atoms with Gasteiger partial charge in [0.1, 0.15) is 16.5 Å². The minimum absolute atomic E-state index is 1.12.